The first-order chi connectivity index (χ1) is 13.8. The van der Waals surface area contributed by atoms with Crippen molar-refractivity contribution in [2.24, 2.45) is 0 Å². The van der Waals surface area contributed by atoms with Crippen LogP contribution in [0.4, 0.5) is 0 Å². The molecule has 2 N–H and O–H groups in total. The van der Waals surface area contributed by atoms with Crippen molar-refractivity contribution in [1.82, 2.24) is 10.3 Å². The second-order valence-corrected chi connectivity index (χ2v) is 6.44. The molecule has 8 nitrogen and oxygen atoms in total. The van der Waals surface area contributed by atoms with Gasteiger partial charge in [-0.15, -0.1) is 0 Å². The normalized spacial score (nSPS) is 11.4. The summed E-state index contributed by atoms with van der Waals surface area (Å²) in [6.45, 7) is 6.04. The third-order valence-corrected chi connectivity index (χ3v) is 4.22. The van der Waals surface area contributed by atoms with Crippen molar-refractivity contribution >= 4 is 23.6 Å². The fourth-order valence-electron chi connectivity index (χ4n) is 2.85. The monoisotopic (exact) mass is 400 g/mol. The number of benzene rings is 1. The quantitative estimate of drug-likeness (QED) is 0.519. The molecule has 0 saturated heterocycles. The van der Waals surface area contributed by atoms with Gasteiger partial charge in [-0.3, -0.25) is 9.59 Å². The molecule has 1 atom stereocenters. The molecule has 0 fully saturated rings. The van der Waals surface area contributed by atoms with Crippen LogP contribution in [0, 0.1) is 13.8 Å². The lowest BCUT2D eigenvalue weighted by Crippen LogP contribution is -2.40. The predicted molar refractivity (Wildman–Crippen MR) is 105 cm³/mol. The minimum absolute atomic E-state index is 0.134. The van der Waals surface area contributed by atoms with Gasteiger partial charge in [0.2, 0.25) is 5.78 Å². The smallest absolute Gasteiger partial charge is 0.340 e. The minimum Gasteiger partial charge on any atom is -0.462 e. The Labute approximate surface area is 168 Å². The lowest BCUT2D eigenvalue weighted by molar-refractivity contribution is -0.144. The number of nitrogens with one attached hydrogen (secondary N) is 2. The van der Waals surface area contributed by atoms with Crippen molar-refractivity contribution < 1.29 is 28.7 Å². The number of ketones is 1. The van der Waals surface area contributed by atoms with Crippen LogP contribution in [0.5, 0.6) is 0 Å². The molecule has 0 aliphatic heterocycles. The summed E-state index contributed by atoms with van der Waals surface area (Å²) in [5.74, 6) is -2.34. The fourth-order valence-corrected chi connectivity index (χ4v) is 2.85. The number of amides is 1. The van der Waals surface area contributed by atoms with Crippen LogP contribution in [-0.2, 0) is 14.3 Å². The van der Waals surface area contributed by atoms with Crippen LogP contribution in [0.25, 0.3) is 0 Å². The Morgan fingerprint density at radius 1 is 1.00 bits per heavy atom. The van der Waals surface area contributed by atoms with E-state index in [-0.39, 0.29) is 17.7 Å². The van der Waals surface area contributed by atoms with E-state index in [1.54, 1.807) is 51.1 Å². The van der Waals surface area contributed by atoms with Gasteiger partial charge in [0.05, 0.1) is 17.7 Å². The van der Waals surface area contributed by atoms with Gasteiger partial charge < -0.3 is 19.8 Å². The number of H-pyrrole nitrogens is 1. The number of carbonyl (C=O) groups excluding carboxylic acids is 4. The topological polar surface area (TPSA) is 115 Å². The van der Waals surface area contributed by atoms with Crippen molar-refractivity contribution in [3.8, 4) is 0 Å². The van der Waals surface area contributed by atoms with E-state index in [0.717, 1.165) is 0 Å². The number of aromatic amines is 1. The molecule has 0 bridgehead atoms. The Bertz CT molecular complexity index is 917. The largest absolute Gasteiger partial charge is 0.462 e. The van der Waals surface area contributed by atoms with Gasteiger partial charge in [0.25, 0.3) is 5.91 Å². The molecule has 0 spiro atoms. The Hall–Kier alpha value is -3.42. The number of hydrogen-bond acceptors (Lipinski definition) is 6. The Morgan fingerprint density at radius 2 is 1.62 bits per heavy atom. The van der Waals surface area contributed by atoms with E-state index in [2.05, 4.69) is 10.3 Å². The van der Waals surface area contributed by atoms with E-state index in [1.165, 1.54) is 6.92 Å². The zero-order chi connectivity index (χ0) is 21.6. The highest BCUT2D eigenvalue weighted by atomic mass is 16.5. The lowest BCUT2D eigenvalue weighted by atomic mass is 10.1. The van der Waals surface area contributed by atoms with E-state index in [0.29, 0.717) is 17.0 Å². The molecule has 0 radical (unpaired) electrons. The van der Waals surface area contributed by atoms with Gasteiger partial charge in [0.15, 0.2) is 6.61 Å². The summed E-state index contributed by atoms with van der Waals surface area (Å²) in [4.78, 5) is 52.0. The zero-order valence-electron chi connectivity index (χ0n) is 16.8. The van der Waals surface area contributed by atoms with Crippen LogP contribution in [0.2, 0.25) is 0 Å². The minimum atomic E-state index is -0.950. The highest BCUT2D eigenvalue weighted by Crippen LogP contribution is 2.20. The summed E-state index contributed by atoms with van der Waals surface area (Å²) in [6.07, 6.45) is 0. The molecule has 154 valence electrons. The summed E-state index contributed by atoms with van der Waals surface area (Å²) >= 11 is 0. The molecule has 0 saturated carbocycles. The first kappa shape index (κ1) is 21.9. The molecule has 2 rings (SSSR count). The van der Waals surface area contributed by atoms with Crippen LogP contribution >= 0.6 is 0 Å². The summed E-state index contributed by atoms with van der Waals surface area (Å²) in [5.41, 5.74) is 1.66. The number of aromatic nitrogens is 1. The van der Waals surface area contributed by atoms with Gasteiger partial charge in [-0.1, -0.05) is 18.2 Å². The first-order valence-electron chi connectivity index (χ1n) is 9.18. The number of rotatable bonds is 8. The predicted octanol–water partition coefficient (Wildman–Crippen LogP) is 2.35. The molecule has 29 heavy (non-hydrogen) atoms. The number of carbonyl (C=O) groups is 4. The Balaban J connectivity index is 2.01. The number of hydrogen-bond donors (Lipinski definition) is 2. The van der Waals surface area contributed by atoms with Gasteiger partial charge in [-0.25, -0.2) is 9.59 Å². The Kier molecular flexibility index (Phi) is 7.30. The summed E-state index contributed by atoms with van der Waals surface area (Å²) in [7, 11) is 0. The van der Waals surface area contributed by atoms with Crippen molar-refractivity contribution in [2.75, 3.05) is 13.2 Å². The third kappa shape index (κ3) is 5.31. The highest BCUT2D eigenvalue weighted by Gasteiger charge is 2.27. The molecular weight excluding hydrogens is 376 g/mol. The molecule has 1 aromatic carbocycles. The molecule has 8 heteroatoms. The Morgan fingerprint density at radius 3 is 2.24 bits per heavy atom. The fraction of sp³-hybridized carbons (Fsp3) is 0.333. The van der Waals surface area contributed by atoms with Gasteiger partial charge >= 0.3 is 11.9 Å². The van der Waals surface area contributed by atoms with Crippen molar-refractivity contribution in [2.45, 2.75) is 33.7 Å². The van der Waals surface area contributed by atoms with Crippen LogP contribution in [0.1, 0.15) is 56.3 Å². The summed E-state index contributed by atoms with van der Waals surface area (Å²) in [5, 5.41) is 2.52. The summed E-state index contributed by atoms with van der Waals surface area (Å²) < 4.78 is 10.0. The second kappa shape index (κ2) is 9.68. The van der Waals surface area contributed by atoms with E-state index >= 15 is 0 Å². The van der Waals surface area contributed by atoms with Crippen molar-refractivity contribution in [1.29, 1.82) is 0 Å². The van der Waals surface area contributed by atoms with E-state index in [9.17, 15) is 19.2 Å². The van der Waals surface area contributed by atoms with Crippen molar-refractivity contribution in [3.05, 3.63) is 58.4 Å². The molecule has 0 aliphatic carbocycles. The van der Waals surface area contributed by atoms with Crippen LogP contribution in [0.3, 0.4) is 0 Å². The molecular formula is C21H24N2O6. The number of esters is 2. The zero-order valence-corrected chi connectivity index (χ0v) is 16.8. The number of Topliss-reactive ketones (excluding diaryl/α,β-unsaturated/α-hetero) is 1. The number of aryl methyl sites for hydroxylation is 2. The van der Waals surface area contributed by atoms with E-state index in [1.807, 2.05) is 0 Å². The third-order valence-electron chi connectivity index (χ3n) is 4.22. The second-order valence-electron chi connectivity index (χ2n) is 6.44. The maximum atomic E-state index is 12.6. The molecule has 1 aromatic heterocycles. The molecule has 1 heterocycles. The van der Waals surface area contributed by atoms with Gasteiger partial charge in [-0.05, 0) is 39.8 Å². The number of ether oxygens (including phenoxy) is 2. The van der Waals surface area contributed by atoms with Gasteiger partial charge in [0, 0.05) is 17.0 Å². The average Bonchev–Trinajstić information content (AvgIpc) is 3.00. The molecule has 2 aromatic rings. The van der Waals surface area contributed by atoms with Crippen molar-refractivity contribution in [3.63, 3.8) is 0 Å². The molecule has 1 amide bonds. The summed E-state index contributed by atoms with van der Waals surface area (Å²) in [6, 6.07) is 7.47. The average molecular weight is 400 g/mol. The molecule has 0 aliphatic rings. The highest BCUT2D eigenvalue weighted by molar-refractivity contribution is 6.09. The van der Waals surface area contributed by atoms with E-state index < -0.39 is 36.3 Å². The maximum absolute atomic E-state index is 12.6. The first-order valence-corrected chi connectivity index (χ1v) is 9.18. The van der Waals surface area contributed by atoms with Gasteiger partial charge in [0.1, 0.15) is 6.04 Å². The lowest BCUT2D eigenvalue weighted by Gasteiger charge is -2.13. The van der Waals surface area contributed by atoms with Crippen LogP contribution < -0.4 is 5.32 Å². The van der Waals surface area contributed by atoms with Crippen LogP contribution in [0.15, 0.2) is 30.3 Å². The van der Waals surface area contributed by atoms with E-state index in [4.69, 9.17) is 9.47 Å². The SMILES string of the molecule is CCOC(=O)c1c(C)[nH]c(C)c1C(=O)COC(=O)[C@H](C)NC(=O)c1ccccc1. The standard InChI is InChI=1S/C21H24N2O6/c1-5-28-21(27)18-13(3)22-12(2)17(18)16(24)11-29-20(26)14(4)23-19(25)15-9-7-6-8-10-15/h6-10,14,22H,5,11H2,1-4H3,(H,23,25)/t14-/m0/s1. The molecule has 0 unspecified atom stereocenters. The maximum Gasteiger partial charge on any atom is 0.340 e. The van der Waals surface area contributed by atoms with Gasteiger partial charge in [-0.2, -0.15) is 0 Å². The van der Waals surface area contributed by atoms with Crippen LogP contribution in [-0.4, -0.2) is 47.9 Å².